The summed E-state index contributed by atoms with van der Waals surface area (Å²) in [4.78, 5) is 0. The highest BCUT2D eigenvalue weighted by Crippen LogP contribution is 2.58. The number of hydrogen-bond donors (Lipinski definition) is 0. The van der Waals surface area contributed by atoms with E-state index in [0.717, 1.165) is 29.5 Å². The molecule has 1 saturated heterocycles. The Hall–Kier alpha value is -3.78. The summed E-state index contributed by atoms with van der Waals surface area (Å²) >= 11 is 0. The van der Waals surface area contributed by atoms with E-state index in [1.165, 1.54) is 10.4 Å². The normalized spacial score (nSPS) is 21.0. The van der Waals surface area contributed by atoms with Gasteiger partial charge in [0, 0.05) is 0 Å². The summed E-state index contributed by atoms with van der Waals surface area (Å²) in [7, 11) is 3.75. The lowest BCUT2D eigenvalue weighted by atomic mass is 9.80. The Morgan fingerprint density at radius 2 is 1.23 bits per heavy atom. The van der Waals surface area contributed by atoms with E-state index >= 15 is 0 Å². The summed E-state index contributed by atoms with van der Waals surface area (Å²) in [6.07, 6.45) is 1.12. The predicted octanol–water partition coefficient (Wildman–Crippen LogP) is 6.77. The maximum absolute atomic E-state index is 7.78. The minimum absolute atomic E-state index is 0.171. The Balaban J connectivity index is 1.59. The van der Waals surface area contributed by atoms with E-state index in [1.54, 1.807) is 28.4 Å². The molecule has 1 fully saturated rings. The largest absolute Gasteiger partial charge is 0.493 e. The Kier molecular flexibility index (Phi) is 7.99. The molecule has 3 atom stereocenters. The van der Waals surface area contributed by atoms with Crippen molar-refractivity contribution in [2.45, 2.75) is 56.5 Å². The van der Waals surface area contributed by atoms with Gasteiger partial charge in [-0.3, -0.25) is 0 Å². The molecule has 0 amide bonds. The second-order valence-corrected chi connectivity index (χ2v) is 16.8. The summed E-state index contributed by atoms with van der Waals surface area (Å²) in [5.74, 6) is 2.67. The van der Waals surface area contributed by atoms with E-state index in [2.05, 4.69) is 99.6 Å². The van der Waals surface area contributed by atoms with Crippen molar-refractivity contribution in [1.29, 1.82) is 0 Å². The minimum atomic E-state index is -2.91. The van der Waals surface area contributed by atoms with Crippen LogP contribution in [-0.2, 0) is 14.8 Å². The molecule has 0 N–H and O–H groups in total. The van der Waals surface area contributed by atoms with E-state index in [1.807, 2.05) is 12.1 Å². The molecule has 2 aliphatic heterocycles. The lowest BCUT2D eigenvalue weighted by Gasteiger charge is -2.48. The fourth-order valence-corrected chi connectivity index (χ4v) is 12.0. The van der Waals surface area contributed by atoms with E-state index in [9.17, 15) is 0 Å². The fourth-order valence-electron chi connectivity index (χ4n) is 7.29. The highest BCUT2D eigenvalue weighted by Gasteiger charge is 2.58. The average molecular weight is 611 g/mol. The van der Waals surface area contributed by atoms with Gasteiger partial charge < -0.3 is 28.1 Å². The van der Waals surface area contributed by atoms with Crippen LogP contribution >= 0.6 is 0 Å². The number of rotatable bonds is 9. The van der Waals surface area contributed by atoms with Crippen molar-refractivity contribution in [3.8, 4) is 23.0 Å². The molecule has 2 heterocycles. The first-order valence-electron chi connectivity index (χ1n) is 15.2. The summed E-state index contributed by atoms with van der Waals surface area (Å²) in [5.41, 5.74) is 2.40. The molecular weight excluding hydrogens is 568 g/mol. The molecular formula is C37H42O6Si. The number of hydrogen-bond acceptors (Lipinski definition) is 6. The molecule has 0 radical (unpaired) electrons. The summed E-state index contributed by atoms with van der Waals surface area (Å²) in [5, 5.41) is 2.27. The van der Waals surface area contributed by atoms with Crippen LogP contribution in [0.2, 0.25) is 5.04 Å². The van der Waals surface area contributed by atoms with Crippen LogP contribution in [0.5, 0.6) is 23.0 Å². The lowest BCUT2D eigenvalue weighted by molar-refractivity contribution is -0.0860. The molecule has 6 rings (SSSR count). The number of benzene rings is 4. The smallest absolute Gasteiger partial charge is 0.262 e. The minimum Gasteiger partial charge on any atom is -0.493 e. The van der Waals surface area contributed by atoms with Crippen molar-refractivity contribution < 1.29 is 28.1 Å². The third kappa shape index (κ3) is 4.69. The monoisotopic (exact) mass is 610 g/mol. The van der Waals surface area contributed by atoms with Crippen molar-refractivity contribution in [1.82, 2.24) is 0 Å². The molecule has 0 saturated carbocycles. The molecule has 2 aliphatic rings. The van der Waals surface area contributed by atoms with Crippen LogP contribution in [0.1, 0.15) is 56.4 Å². The maximum Gasteiger partial charge on any atom is 0.262 e. The molecule has 230 valence electrons. The van der Waals surface area contributed by atoms with Crippen LogP contribution in [0.25, 0.3) is 0 Å². The van der Waals surface area contributed by atoms with E-state index in [-0.39, 0.29) is 17.2 Å². The highest BCUT2D eigenvalue weighted by atomic mass is 28.4. The molecule has 7 heteroatoms. The lowest BCUT2D eigenvalue weighted by Crippen LogP contribution is -2.67. The molecule has 0 aromatic heterocycles. The Labute approximate surface area is 262 Å². The summed E-state index contributed by atoms with van der Waals surface area (Å²) in [6, 6.07) is 31.8. The number of ether oxygens (including phenoxy) is 5. The van der Waals surface area contributed by atoms with Crippen LogP contribution in [0.3, 0.4) is 0 Å². The van der Waals surface area contributed by atoms with E-state index < -0.39 is 13.9 Å². The van der Waals surface area contributed by atoms with Crippen LogP contribution in [0.15, 0.2) is 91.0 Å². The predicted molar refractivity (Wildman–Crippen MR) is 175 cm³/mol. The summed E-state index contributed by atoms with van der Waals surface area (Å²) < 4.78 is 38.0. The van der Waals surface area contributed by atoms with Crippen molar-refractivity contribution in [3.63, 3.8) is 0 Å². The Morgan fingerprint density at radius 3 is 1.77 bits per heavy atom. The van der Waals surface area contributed by atoms with Gasteiger partial charge in [0.2, 0.25) is 0 Å². The standard InChI is InChI=1S/C37H42O6Si/c1-36(2,3)44(26-14-10-8-11-15-26,27-16-12-9-13-17-27)43-35-28-23-33(40-6)34(41-7)24-29(28)37(21-20-31(35)42-37)25-18-19-30(38-4)32(22-25)39-5/h8-19,22-24,31,35H,20-21H2,1-7H3/t31-,35+,37?/m1/s1. The van der Waals surface area contributed by atoms with Gasteiger partial charge in [-0.2, -0.15) is 0 Å². The van der Waals surface area contributed by atoms with Crippen LogP contribution < -0.4 is 29.3 Å². The van der Waals surface area contributed by atoms with E-state index in [4.69, 9.17) is 28.1 Å². The van der Waals surface area contributed by atoms with Crippen molar-refractivity contribution >= 4 is 18.7 Å². The Morgan fingerprint density at radius 1 is 0.682 bits per heavy atom. The molecule has 0 spiro atoms. The molecule has 0 aliphatic carbocycles. The quantitative estimate of drug-likeness (QED) is 0.195. The first-order valence-corrected chi connectivity index (χ1v) is 17.1. The van der Waals surface area contributed by atoms with Crippen molar-refractivity contribution in [3.05, 3.63) is 108 Å². The van der Waals surface area contributed by atoms with E-state index in [0.29, 0.717) is 23.0 Å². The van der Waals surface area contributed by atoms with Crippen LogP contribution in [0, 0.1) is 0 Å². The first-order chi connectivity index (χ1) is 21.2. The third-order valence-corrected chi connectivity index (χ3v) is 14.4. The van der Waals surface area contributed by atoms with Gasteiger partial charge in [-0.05, 0) is 69.2 Å². The van der Waals surface area contributed by atoms with Crippen LogP contribution in [-0.4, -0.2) is 42.9 Å². The van der Waals surface area contributed by atoms with Crippen molar-refractivity contribution in [2.75, 3.05) is 28.4 Å². The summed E-state index contributed by atoms with van der Waals surface area (Å²) in [6.45, 7) is 6.92. The molecule has 6 nitrogen and oxygen atoms in total. The Bertz CT molecular complexity index is 1580. The number of methoxy groups -OCH3 is 4. The molecule has 44 heavy (non-hydrogen) atoms. The van der Waals surface area contributed by atoms with Gasteiger partial charge in [-0.15, -0.1) is 0 Å². The fraction of sp³-hybridized carbons (Fsp3) is 0.351. The maximum atomic E-state index is 7.78. The zero-order valence-electron chi connectivity index (χ0n) is 26.7. The molecule has 4 aromatic carbocycles. The third-order valence-electron chi connectivity index (χ3n) is 9.34. The zero-order chi connectivity index (χ0) is 31.1. The number of fused-ring (bicyclic) bond motifs is 4. The van der Waals surface area contributed by atoms with Gasteiger partial charge in [-0.25, -0.2) is 0 Å². The molecule has 1 unspecified atom stereocenters. The second-order valence-electron chi connectivity index (χ2n) is 12.6. The first kappa shape index (κ1) is 30.3. The van der Waals surface area contributed by atoms with Gasteiger partial charge in [0.1, 0.15) is 5.60 Å². The van der Waals surface area contributed by atoms with Gasteiger partial charge in [0.25, 0.3) is 8.32 Å². The molecule has 2 bridgehead atoms. The molecule has 4 aromatic rings. The van der Waals surface area contributed by atoms with Gasteiger partial charge >= 0.3 is 0 Å². The van der Waals surface area contributed by atoms with Crippen molar-refractivity contribution in [2.24, 2.45) is 0 Å². The van der Waals surface area contributed by atoms with Gasteiger partial charge in [-0.1, -0.05) is 87.5 Å². The topological polar surface area (TPSA) is 55.4 Å². The highest BCUT2D eigenvalue weighted by molar-refractivity contribution is 6.99. The van der Waals surface area contributed by atoms with Gasteiger partial charge in [0.15, 0.2) is 23.0 Å². The average Bonchev–Trinajstić information content (AvgIpc) is 3.46. The zero-order valence-corrected chi connectivity index (χ0v) is 27.7. The van der Waals surface area contributed by atoms with Gasteiger partial charge in [0.05, 0.1) is 40.6 Å². The SMILES string of the molecule is COc1ccc(C23CC[C@@H](O2)[C@@H](O[Si](c2ccccc2)(c2ccccc2)C(C)(C)C)c2cc(OC)c(OC)cc23)cc1OC. The van der Waals surface area contributed by atoms with Crippen LogP contribution in [0.4, 0.5) is 0 Å². The second kappa shape index (κ2) is 11.6.